The van der Waals surface area contributed by atoms with Crippen LogP contribution in [0.5, 0.6) is 5.75 Å². The number of halogens is 4. The molecule has 0 atom stereocenters. The molecule has 0 spiro atoms. The van der Waals surface area contributed by atoms with Crippen molar-refractivity contribution in [2.24, 2.45) is 0 Å². The highest BCUT2D eigenvalue weighted by Gasteiger charge is 2.31. The Balaban J connectivity index is 1.71. The predicted molar refractivity (Wildman–Crippen MR) is 112 cm³/mol. The molecule has 0 aliphatic rings. The van der Waals surface area contributed by atoms with Gasteiger partial charge in [0, 0.05) is 5.56 Å². The van der Waals surface area contributed by atoms with E-state index in [2.05, 4.69) is 23.4 Å². The highest BCUT2D eigenvalue weighted by Crippen LogP contribution is 2.30. The van der Waals surface area contributed by atoms with Crippen LogP contribution in [0.25, 0.3) is 22.3 Å². The fraction of sp³-hybridized carbons (Fsp3) is 0.200. The van der Waals surface area contributed by atoms with Crippen LogP contribution in [-0.4, -0.2) is 6.36 Å². The summed E-state index contributed by atoms with van der Waals surface area (Å²) in [7, 11) is 0. The molecule has 3 aromatic carbocycles. The standard InChI is InChI=1S/C25H22F4O/c1-2-3-4-5-6-18-7-9-19(10-8-18)21-13-16-23(24(26)17-21)20-11-14-22(15-12-20)30-25(27,28)29/h2,7-17H,1,3-6H2. The maximum absolute atomic E-state index is 14.7. The third kappa shape index (κ3) is 5.96. The van der Waals surface area contributed by atoms with Crippen molar-refractivity contribution < 1.29 is 22.3 Å². The molecule has 0 fully saturated rings. The molecule has 0 bridgehead atoms. The Kier molecular flexibility index (Phi) is 6.93. The van der Waals surface area contributed by atoms with E-state index in [9.17, 15) is 17.6 Å². The predicted octanol–water partition coefficient (Wildman–Crippen LogP) is 7.96. The van der Waals surface area contributed by atoms with Gasteiger partial charge in [-0.05, 0) is 66.1 Å². The molecule has 156 valence electrons. The van der Waals surface area contributed by atoms with Gasteiger partial charge in [-0.15, -0.1) is 19.8 Å². The lowest BCUT2D eigenvalue weighted by atomic mass is 9.98. The second kappa shape index (κ2) is 9.61. The largest absolute Gasteiger partial charge is 0.573 e. The molecule has 0 amide bonds. The fourth-order valence-corrected chi connectivity index (χ4v) is 3.25. The zero-order chi connectivity index (χ0) is 21.6. The number of hydrogen-bond donors (Lipinski definition) is 0. The lowest BCUT2D eigenvalue weighted by molar-refractivity contribution is -0.274. The summed E-state index contributed by atoms with van der Waals surface area (Å²) in [5, 5.41) is 0. The van der Waals surface area contributed by atoms with Gasteiger partial charge in [-0.1, -0.05) is 54.6 Å². The number of rotatable bonds is 8. The van der Waals surface area contributed by atoms with Crippen LogP contribution in [0.2, 0.25) is 0 Å². The van der Waals surface area contributed by atoms with Crippen molar-refractivity contribution in [1.82, 2.24) is 0 Å². The van der Waals surface area contributed by atoms with E-state index in [1.807, 2.05) is 18.2 Å². The van der Waals surface area contributed by atoms with Crippen molar-refractivity contribution in [2.45, 2.75) is 32.0 Å². The first kappa shape index (κ1) is 21.6. The molecule has 0 radical (unpaired) electrons. The van der Waals surface area contributed by atoms with Gasteiger partial charge in [-0.3, -0.25) is 0 Å². The molecular weight excluding hydrogens is 392 g/mol. The van der Waals surface area contributed by atoms with Crippen molar-refractivity contribution in [3.63, 3.8) is 0 Å². The number of hydrogen-bond acceptors (Lipinski definition) is 1. The smallest absolute Gasteiger partial charge is 0.406 e. The molecule has 0 aliphatic carbocycles. The summed E-state index contributed by atoms with van der Waals surface area (Å²) in [5.74, 6) is -0.779. The van der Waals surface area contributed by atoms with E-state index in [1.54, 1.807) is 12.1 Å². The van der Waals surface area contributed by atoms with Crippen molar-refractivity contribution in [2.75, 3.05) is 0 Å². The van der Waals surface area contributed by atoms with Gasteiger partial charge < -0.3 is 4.74 Å². The number of benzene rings is 3. The molecule has 1 nitrogen and oxygen atoms in total. The summed E-state index contributed by atoms with van der Waals surface area (Å²) in [6.45, 7) is 3.72. The van der Waals surface area contributed by atoms with E-state index in [1.165, 1.54) is 35.9 Å². The van der Waals surface area contributed by atoms with Crippen LogP contribution in [0.15, 0.2) is 79.4 Å². The van der Waals surface area contributed by atoms with Gasteiger partial charge in [0.05, 0.1) is 0 Å². The molecule has 0 N–H and O–H groups in total. The Labute approximate surface area is 173 Å². The Bertz CT molecular complexity index is 974. The first-order valence-electron chi connectivity index (χ1n) is 9.71. The molecule has 30 heavy (non-hydrogen) atoms. The zero-order valence-corrected chi connectivity index (χ0v) is 16.4. The van der Waals surface area contributed by atoms with E-state index in [-0.39, 0.29) is 5.75 Å². The van der Waals surface area contributed by atoms with Gasteiger partial charge in [-0.25, -0.2) is 4.39 Å². The molecular formula is C25H22F4O. The fourth-order valence-electron chi connectivity index (χ4n) is 3.25. The summed E-state index contributed by atoms with van der Waals surface area (Å²) >= 11 is 0. The molecule has 5 heteroatoms. The van der Waals surface area contributed by atoms with Gasteiger partial charge >= 0.3 is 6.36 Å². The maximum Gasteiger partial charge on any atom is 0.573 e. The zero-order valence-electron chi connectivity index (χ0n) is 16.4. The summed E-state index contributed by atoms with van der Waals surface area (Å²) < 4.78 is 55.3. The van der Waals surface area contributed by atoms with Crippen molar-refractivity contribution >= 4 is 0 Å². The number of unbranched alkanes of at least 4 members (excludes halogenated alkanes) is 2. The second-order valence-electron chi connectivity index (χ2n) is 7.00. The summed E-state index contributed by atoms with van der Waals surface area (Å²) in [6.07, 6.45) is 1.39. The lowest BCUT2D eigenvalue weighted by Crippen LogP contribution is -2.16. The molecule has 3 aromatic rings. The normalized spacial score (nSPS) is 11.3. The Hall–Kier alpha value is -3.08. The first-order chi connectivity index (χ1) is 14.4. The molecule has 0 aliphatic heterocycles. The van der Waals surface area contributed by atoms with E-state index in [0.717, 1.165) is 36.8 Å². The first-order valence-corrected chi connectivity index (χ1v) is 9.71. The Morgan fingerprint density at radius 1 is 0.800 bits per heavy atom. The summed E-state index contributed by atoms with van der Waals surface area (Å²) in [4.78, 5) is 0. The Morgan fingerprint density at radius 2 is 1.43 bits per heavy atom. The van der Waals surface area contributed by atoms with Crippen LogP contribution < -0.4 is 4.74 Å². The van der Waals surface area contributed by atoms with E-state index >= 15 is 0 Å². The quantitative estimate of drug-likeness (QED) is 0.206. The van der Waals surface area contributed by atoms with Gasteiger partial charge in [0.1, 0.15) is 11.6 Å². The topological polar surface area (TPSA) is 9.23 Å². The van der Waals surface area contributed by atoms with Gasteiger partial charge in [-0.2, -0.15) is 0 Å². The highest BCUT2D eigenvalue weighted by molar-refractivity contribution is 5.71. The Morgan fingerprint density at radius 3 is 2.03 bits per heavy atom. The third-order valence-corrected chi connectivity index (χ3v) is 4.78. The molecule has 0 aromatic heterocycles. The number of aryl methyl sites for hydroxylation is 1. The van der Waals surface area contributed by atoms with Crippen molar-refractivity contribution in [1.29, 1.82) is 0 Å². The van der Waals surface area contributed by atoms with Gasteiger partial charge in [0.15, 0.2) is 0 Å². The molecule has 0 heterocycles. The highest BCUT2D eigenvalue weighted by atomic mass is 19.4. The van der Waals surface area contributed by atoms with Crippen LogP contribution in [0.4, 0.5) is 17.6 Å². The van der Waals surface area contributed by atoms with Crippen molar-refractivity contribution in [3.8, 4) is 28.0 Å². The van der Waals surface area contributed by atoms with Crippen LogP contribution >= 0.6 is 0 Å². The summed E-state index contributed by atoms with van der Waals surface area (Å²) in [5.41, 5.74) is 3.68. The van der Waals surface area contributed by atoms with Crippen LogP contribution in [0.1, 0.15) is 24.8 Å². The lowest BCUT2D eigenvalue weighted by Gasteiger charge is -2.10. The molecule has 0 unspecified atom stereocenters. The number of alkyl halides is 3. The van der Waals surface area contributed by atoms with E-state index in [0.29, 0.717) is 11.1 Å². The SMILES string of the molecule is C=CCCCCc1ccc(-c2ccc(-c3ccc(OC(F)(F)F)cc3)c(F)c2)cc1. The van der Waals surface area contributed by atoms with Crippen molar-refractivity contribution in [3.05, 3.63) is 90.8 Å². The van der Waals surface area contributed by atoms with Gasteiger partial charge in [0.2, 0.25) is 0 Å². The number of allylic oxidation sites excluding steroid dienone is 1. The van der Waals surface area contributed by atoms with Gasteiger partial charge in [0.25, 0.3) is 0 Å². The average molecular weight is 414 g/mol. The maximum atomic E-state index is 14.7. The van der Waals surface area contributed by atoms with E-state index < -0.39 is 12.2 Å². The minimum Gasteiger partial charge on any atom is -0.406 e. The number of ether oxygens (including phenoxy) is 1. The summed E-state index contributed by atoms with van der Waals surface area (Å²) in [6, 6.07) is 18.1. The molecule has 0 saturated heterocycles. The van der Waals surface area contributed by atoms with Crippen LogP contribution in [-0.2, 0) is 6.42 Å². The second-order valence-corrected chi connectivity index (χ2v) is 7.00. The monoisotopic (exact) mass is 414 g/mol. The van der Waals surface area contributed by atoms with Crippen LogP contribution in [0, 0.1) is 5.82 Å². The van der Waals surface area contributed by atoms with E-state index in [4.69, 9.17) is 0 Å². The average Bonchev–Trinajstić information content (AvgIpc) is 2.71. The molecule has 0 saturated carbocycles. The molecule has 3 rings (SSSR count). The minimum absolute atomic E-state index is 0.316. The minimum atomic E-state index is -4.75. The van der Waals surface area contributed by atoms with Crippen LogP contribution in [0.3, 0.4) is 0 Å². The third-order valence-electron chi connectivity index (χ3n) is 4.78.